The Morgan fingerprint density at radius 1 is 1.19 bits per heavy atom. The molecule has 4 heterocycles. The Morgan fingerprint density at radius 3 is 2.62 bits per heavy atom. The van der Waals surface area contributed by atoms with Gasteiger partial charge < -0.3 is 24.5 Å². The molecule has 0 saturated carbocycles. The lowest BCUT2D eigenvalue weighted by molar-refractivity contribution is 0.00639. The van der Waals surface area contributed by atoms with Crippen LogP contribution < -0.4 is 10.7 Å². The zero-order valence-corrected chi connectivity index (χ0v) is 25.0. The zero-order valence-electron chi connectivity index (χ0n) is 24.2. The van der Waals surface area contributed by atoms with E-state index in [1.807, 2.05) is 19.9 Å². The lowest BCUT2D eigenvalue weighted by Gasteiger charge is -2.26. The minimum Gasteiger partial charge on any atom is -0.465 e. The normalized spacial score (nSPS) is 14.0. The van der Waals surface area contributed by atoms with Gasteiger partial charge in [0.15, 0.2) is 11.1 Å². The number of rotatable bonds is 5. The zero-order chi connectivity index (χ0) is 30.5. The highest BCUT2D eigenvalue weighted by atomic mass is 35.5. The standard InChI is InChI=1S/C30H32ClN5O6/c1-15-11-18(17(3)33-21-7-8-23(31)34-24(21)28(38)42-30(4,5)6)27-19(12-15)25(37)16(2)26(41-27)20-13-32-36-10-9-35(29(39)40)14-22(20)36/h7-8,11-13,17,33H,9-10,14H2,1-6H3,(H,39,40)/t17-/m1/s1. The number of hydrogen-bond donors (Lipinski definition) is 2. The van der Waals surface area contributed by atoms with E-state index in [2.05, 4.69) is 15.4 Å². The molecule has 0 spiro atoms. The van der Waals surface area contributed by atoms with E-state index in [9.17, 15) is 19.5 Å². The predicted molar refractivity (Wildman–Crippen MR) is 158 cm³/mol. The largest absolute Gasteiger partial charge is 0.465 e. The van der Waals surface area contributed by atoms with E-state index < -0.39 is 23.7 Å². The van der Waals surface area contributed by atoms with Crippen molar-refractivity contribution in [1.29, 1.82) is 0 Å². The highest BCUT2D eigenvalue weighted by Crippen LogP contribution is 2.35. The molecule has 0 radical (unpaired) electrons. The minimum atomic E-state index is -1.02. The summed E-state index contributed by atoms with van der Waals surface area (Å²) < 4.78 is 13.8. The average molecular weight is 594 g/mol. The van der Waals surface area contributed by atoms with Crippen molar-refractivity contribution in [3.8, 4) is 11.3 Å². The monoisotopic (exact) mass is 593 g/mol. The van der Waals surface area contributed by atoms with Gasteiger partial charge >= 0.3 is 12.1 Å². The minimum absolute atomic E-state index is 0.0358. The van der Waals surface area contributed by atoms with Crippen LogP contribution in [0, 0.1) is 13.8 Å². The second-order valence-electron chi connectivity index (χ2n) is 11.4. The van der Waals surface area contributed by atoms with Crippen molar-refractivity contribution in [2.75, 3.05) is 11.9 Å². The van der Waals surface area contributed by atoms with Crippen molar-refractivity contribution in [3.63, 3.8) is 0 Å². The number of carbonyl (C=O) groups excluding carboxylic acids is 1. The predicted octanol–water partition coefficient (Wildman–Crippen LogP) is 5.94. The van der Waals surface area contributed by atoms with E-state index in [0.717, 1.165) is 5.56 Å². The smallest absolute Gasteiger partial charge is 0.407 e. The third kappa shape index (κ3) is 5.56. The summed E-state index contributed by atoms with van der Waals surface area (Å²) in [5.41, 5.74) is 3.05. The van der Waals surface area contributed by atoms with Crippen LogP contribution in [-0.4, -0.2) is 49.0 Å². The highest BCUT2D eigenvalue weighted by molar-refractivity contribution is 6.29. The van der Waals surface area contributed by atoms with Gasteiger partial charge in [0.25, 0.3) is 0 Å². The number of hydrogen-bond acceptors (Lipinski definition) is 8. The topological polar surface area (TPSA) is 140 Å². The Labute approximate surface area is 247 Å². The van der Waals surface area contributed by atoms with Gasteiger partial charge in [0.2, 0.25) is 0 Å². The summed E-state index contributed by atoms with van der Waals surface area (Å²) >= 11 is 6.12. The van der Waals surface area contributed by atoms with Crippen molar-refractivity contribution in [2.45, 2.75) is 66.3 Å². The van der Waals surface area contributed by atoms with Crippen LogP contribution in [0.1, 0.15) is 66.6 Å². The second-order valence-corrected chi connectivity index (χ2v) is 11.8. The molecular formula is C30H32ClN5O6. The maximum Gasteiger partial charge on any atom is 0.407 e. The van der Waals surface area contributed by atoms with Gasteiger partial charge in [-0.25, -0.2) is 14.6 Å². The second kappa shape index (κ2) is 10.8. The molecule has 0 unspecified atom stereocenters. The molecule has 0 bridgehead atoms. The molecule has 1 aliphatic rings. The Kier molecular flexibility index (Phi) is 7.48. The van der Waals surface area contributed by atoms with E-state index in [1.165, 1.54) is 4.90 Å². The van der Waals surface area contributed by atoms with Crippen LogP contribution in [0.15, 0.2) is 39.7 Å². The van der Waals surface area contributed by atoms with Crippen LogP contribution in [0.5, 0.6) is 0 Å². The molecule has 1 aromatic carbocycles. The number of ether oxygens (including phenoxy) is 1. The Hall–Kier alpha value is -4.38. The van der Waals surface area contributed by atoms with E-state index in [4.69, 9.17) is 20.8 Å². The highest BCUT2D eigenvalue weighted by Gasteiger charge is 2.28. The van der Waals surface area contributed by atoms with Crippen molar-refractivity contribution in [1.82, 2.24) is 19.7 Å². The molecule has 4 aromatic rings. The van der Waals surface area contributed by atoms with Crippen LogP contribution >= 0.6 is 11.6 Å². The number of esters is 1. The van der Waals surface area contributed by atoms with E-state index >= 15 is 0 Å². The molecule has 1 aliphatic heterocycles. The molecule has 11 nitrogen and oxygen atoms in total. The van der Waals surface area contributed by atoms with E-state index in [0.29, 0.717) is 57.9 Å². The summed E-state index contributed by atoms with van der Waals surface area (Å²) in [6.07, 6.45) is 0.588. The number of halogens is 1. The van der Waals surface area contributed by atoms with Crippen LogP contribution in [0.3, 0.4) is 0 Å². The number of benzene rings is 1. The van der Waals surface area contributed by atoms with Crippen molar-refractivity contribution in [2.24, 2.45) is 0 Å². The van der Waals surface area contributed by atoms with Crippen molar-refractivity contribution >= 4 is 40.3 Å². The molecule has 1 amide bonds. The van der Waals surface area contributed by atoms with Crippen molar-refractivity contribution in [3.05, 3.63) is 73.9 Å². The first-order chi connectivity index (χ1) is 19.7. The van der Waals surface area contributed by atoms with Crippen LogP contribution in [-0.2, 0) is 17.8 Å². The number of carboxylic acid groups (broad SMARTS) is 1. The maximum atomic E-state index is 13.7. The summed E-state index contributed by atoms with van der Waals surface area (Å²) in [7, 11) is 0. The molecule has 42 heavy (non-hydrogen) atoms. The molecule has 0 aliphatic carbocycles. The molecular weight excluding hydrogens is 562 g/mol. The number of aromatic nitrogens is 3. The number of fused-ring (bicyclic) bond motifs is 2. The van der Waals surface area contributed by atoms with Crippen LogP contribution in [0.4, 0.5) is 10.5 Å². The summed E-state index contributed by atoms with van der Waals surface area (Å²) in [5.74, 6) is -0.291. The van der Waals surface area contributed by atoms with Crippen LogP contribution in [0.25, 0.3) is 22.3 Å². The summed E-state index contributed by atoms with van der Waals surface area (Å²) in [6.45, 7) is 11.6. The van der Waals surface area contributed by atoms with Gasteiger partial charge in [-0.05, 0) is 65.3 Å². The van der Waals surface area contributed by atoms with Gasteiger partial charge in [0.1, 0.15) is 22.1 Å². The summed E-state index contributed by atoms with van der Waals surface area (Å²) in [5, 5.41) is 17.9. The molecule has 3 aromatic heterocycles. The first kappa shape index (κ1) is 29.1. The first-order valence-electron chi connectivity index (χ1n) is 13.5. The lowest BCUT2D eigenvalue weighted by atomic mass is 9.98. The average Bonchev–Trinajstić information content (AvgIpc) is 3.33. The van der Waals surface area contributed by atoms with E-state index in [-0.39, 0.29) is 22.8 Å². The van der Waals surface area contributed by atoms with Gasteiger partial charge in [-0.15, -0.1) is 0 Å². The maximum absolute atomic E-state index is 13.7. The van der Waals surface area contributed by atoms with Gasteiger partial charge in [-0.2, -0.15) is 5.10 Å². The van der Waals surface area contributed by atoms with Gasteiger partial charge in [-0.1, -0.05) is 17.7 Å². The number of pyridine rings is 1. The molecule has 2 N–H and O–H groups in total. The fraction of sp³-hybridized carbons (Fsp3) is 0.367. The van der Waals surface area contributed by atoms with Gasteiger partial charge in [0.05, 0.1) is 47.7 Å². The SMILES string of the molecule is Cc1cc([C@@H](C)Nc2ccc(Cl)nc2C(=O)OC(C)(C)C)c2oc(-c3cnn4c3CN(C(=O)O)CC4)c(C)c(=O)c2c1. The number of carbonyl (C=O) groups is 2. The molecule has 220 valence electrons. The third-order valence-electron chi connectivity index (χ3n) is 7.07. The fourth-order valence-electron chi connectivity index (χ4n) is 5.09. The first-order valence-corrected chi connectivity index (χ1v) is 13.9. The van der Waals surface area contributed by atoms with Crippen molar-refractivity contribution < 1.29 is 23.8 Å². The van der Waals surface area contributed by atoms with Gasteiger partial charge in [-0.3, -0.25) is 9.48 Å². The Bertz CT molecular complexity index is 1790. The third-order valence-corrected chi connectivity index (χ3v) is 7.28. The molecule has 5 rings (SSSR count). The number of aryl methyl sites for hydroxylation is 1. The quantitative estimate of drug-likeness (QED) is 0.212. The summed E-state index contributed by atoms with van der Waals surface area (Å²) in [4.78, 5) is 43.8. The fourth-order valence-corrected chi connectivity index (χ4v) is 5.24. The summed E-state index contributed by atoms with van der Waals surface area (Å²) in [6, 6.07) is 6.48. The molecule has 1 atom stereocenters. The number of amides is 1. The van der Waals surface area contributed by atoms with Gasteiger partial charge in [0, 0.05) is 17.7 Å². The lowest BCUT2D eigenvalue weighted by Crippen LogP contribution is -2.37. The molecule has 0 fully saturated rings. The Balaban J connectivity index is 1.60. The molecule has 12 heteroatoms. The van der Waals surface area contributed by atoms with Crippen LogP contribution in [0.2, 0.25) is 5.15 Å². The number of nitrogens with zero attached hydrogens (tertiary/aromatic N) is 4. The number of nitrogens with one attached hydrogen (secondary N) is 1. The Morgan fingerprint density at radius 2 is 1.93 bits per heavy atom. The van der Waals surface area contributed by atoms with E-state index in [1.54, 1.807) is 56.8 Å². The number of anilines is 1. The molecule has 0 saturated heterocycles.